The molecule has 0 atom stereocenters. The van der Waals surface area contributed by atoms with Crippen molar-refractivity contribution in [2.75, 3.05) is 14.2 Å². The molecular weight excluding hydrogens is 330 g/mol. The lowest BCUT2D eigenvalue weighted by Gasteiger charge is -2.11. The minimum absolute atomic E-state index is 0.0143. The summed E-state index contributed by atoms with van der Waals surface area (Å²) in [7, 11) is -0.897. The van der Waals surface area contributed by atoms with Gasteiger partial charge in [-0.1, -0.05) is 12.1 Å². The molecule has 0 amide bonds. The fraction of sp³-hybridized carbons (Fsp3) is 0.188. The lowest BCUT2D eigenvalue weighted by molar-refractivity contribution is 0.392. The largest absolute Gasteiger partial charge is 0.497 e. The predicted molar refractivity (Wildman–Crippen MR) is 89.7 cm³/mol. The number of benzene rings is 2. The third-order valence-corrected chi connectivity index (χ3v) is 4.95. The molecule has 0 radical (unpaired) electrons. The number of rotatable bonds is 6. The molecule has 2 aromatic carbocycles. The number of imidazole rings is 1. The summed E-state index contributed by atoms with van der Waals surface area (Å²) in [5, 5.41) is 0. The molecule has 0 fully saturated rings. The first-order chi connectivity index (χ1) is 11.5. The molecule has 0 aliphatic carbocycles. The SMILES string of the molecule is COc1ccc(OC)c(S(=O)(=O)NCc2nc3ccccc3[nH]2)c1. The molecule has 3 rings (SSSR count). The number of hydrogen-bond acceptors (Lipinski definition) is 5. The number of aromatic nitrogens is 2. The van der Waals surface area contributed by atoms with E-state index in [9.17, 15) is 8.42 Å². The second kappa shape index (κ2) is 6.50. The van der Waals surface area contributed by atoms with Gasteiger partial charge in [-0.05, 0) is 24.3 Å². The van der Waals surface area contributed by atoms with Crippen molar-refractivity contribution in [3.05, 3.63) is 48.3 Å². The van der Waals surface area contributed by atoms with Gasteiger partial charge in [0, 0.05) is 6.07 Å². The van der Waals surface area contributed by atoms with Crippen LogP contribution >= 0.6 is 0 Å². The molecule has 0 bridgehead atoms. The third-order valence-electron chi connectivity index (χ3n) is 3.53. The Labute approximate surface area is 139 Å². The van der Waals surface area contributed by atoms with E-state index in [1.807, 2.05) is 24.3 Å². The molecule has 8 heteroatoms. The summed E-state index contributed by atoms with van der Waals surface area (Å²) in [5.41, 5.74) is 1.64. The van der Waals surface area contributed by atoms with Crippen LogP contribution in [0, 0.1) is 0 Å². The molecule has 24 heavy (non-hydrogen) atoms. The van der Waals surface area contributed by atoms with Crippen LogP contribution in [-0.2, 0) is 16.6 Å². The standard InChI is InChI=1S/C16H17N3O4S/c1-22-11-7-8-14(23-2)15(9-11)24(20,21)17-10-16-18-12-5-3-4-6-13(12)19-16/h3-9,17H,10H2,1-2H3,(H,18,19). The minimum Gasteiger partial charge on any atom is -0.497 e. The monoisotopic (exact) mass is 347 g/mol. The van der Waals surface area contributed by atoms with Gasteiger partial charge in [-0.2, -0.15) is 0 Å². The fourth-order valence-electron chi connectivity index (χ4n) is 2.32. The molecule has 0 saturated carbocycles. The highest BCUT2D eigenvalue weighted by atomic mass is 32.2. The number of sulfonamides is 1. The van der Waals surface area contributed by atoms with Crippen LogP contribution in [0.15, 0.2) is 47.4 Å². The molecule has 0 aliphatic heterocycles. The quantitative estimate of drug-likeness (QED) is 0.712. The predicted octanol–water partition coefficient (Wildman–Crippen LogP) is 2.06. The number of nitrogens with zero attached hydrogens (tertiary/aromatic N) is 1. The Morgan fingerprint density at radius 3 is 2.62 bits per heavy atom. The van der Waals surface area contributed by atoms with Crippen LogP contribution in [0.3, 0.4) is 0 Å². The number of H-pyrrole nitrogens is 1. The van der Waals surface area contributed by atoms with Crippen molar-refractivity contribution >= 4 is 21.1 Å². The van der Waals surface area contributed by atoms with E-state index >= 15 is 0 Å². The Balaban J connectivity index is 1.85. The van der Waals surface area contributed by atoms with Crippen LogP contribution in [0.5, 0.6) is 11.5 Å². The molecule has 0 aliphatic rings. The van der Waals surface area contributed by atoms with Gasteiger partial charge >= 0.3 is 0 Å². The summed E-state index contributed by atoms with van der Waals surface area (Å²) in [6.45, 7) is 0.0391. The topological polar surface area (TPSA) is 93.3 Å². The zero-order chi connectivity index (χ0) is 17.2. The van der Waals surface area contributed by atoms with Gasteiger partial charge in [-0.25, -0.2) is 18.1 Å². The van der Waals surface area contributed by atoms with Crippen molar-refractivity contribution in [1.29, 1.82) is 0 Å². The summed E-state index contributed by atoms with van der Waals surface area (Å²) in [5.74, 6) is 1.20. The van der Waals surface area contributed by atoms with Gasteiger partial charge in [0.25, 0.3) is 0 Å². The van der Waals surface area contributed by atoms with Gasteiger partial charge < -0.3 is 14.5 Å². The Bertz CT molecular complexity index is 933. The zero-order valence-electron chi connectivity index (χ0n) is 13.2. The number of fused-ring (bicyclic) bond motifs is 1. The van der Waals surface area contributed by atoms with E-state index in [1.54, 1.807) is 12.1 Å². The highest BCUT2D eigenvalue weighted by Gasteiger charge is 2.21. The van der Waals surface area contributed by atoms with Crippen molar-refractivity contribution in [2.45, 2.75) is 11.4 Å². The normalized spacial score (nSPS) is 11.6. The number of aromatic amines is 1. The molecule has 2 N–H and O–H groups in total. The summed E-state index contributed by atoms with van der Waals surface area (Å²) in [6, 6.07) is 12.1. The average Bonchev–Trinajstić information content (AvgIpc) is 3.02. The number of hydrogen-bond donors (Lipinski definition) is 2. The second-order valence-corrected chi connectivity index (χ2v) is 6.78. The summed E-state index contributed by atoms with van der Waals surface area (Å²) in [6.07, 6.45) is 0. The maximum absolute atomic E-state index is 12.6. The highest BCUT2D eigenvalue weighted by Crippen LogP contribution is 2.28. The molecule has 7 nitrogen and oxygen atoms in total. The molecule has 126 valence electrons. The Kier molecular flexibility index (Phi) is 4.41. The van der Waals surface area contributed by atoms with Crippen molar-refractivity contribution in [1.82, 2.24) is 14.7 Å². The van der Waals surface area contributed by atoms with E-state index in [0.29, 0.717) is 11.6 Å². The second-order valence-electron chi connectivity index (χ2n) is 5.04. The fourth-order valence-corrected chi connectivity index (χ4v) is 3.49. The van der Waals surface area contributed by atoms with Gasteiger partial charge in [0.2, 0.25) is 10.0 Å². The molecule has 0 saturated heterocycles. The van der Waals surface area contributed by atoms with Crippen LogP contribution in [0.2, 0.25) is 0 Å². The van der Waals surface area contributed by atoms with E-state index in [1.165, 1.54) is 20.3 Å². The zero-order valence-corrected chi connectivity index (χ0v) is 14.1. The van der Waals surface area contributed by atoms with Crippen LogP contribution in [0.1, 0.15) is 5.82 Å². The van der Waals surface area contributed by atoms with Gasteiger partial charge in [0.05, 0.1) is 31.8 Å². The van der Waals surface area contributed by atoms with Crippen molar-refractivity contribution in [2.24, 2.45) is 0 Å². The maximum atomic E-state index is 12.6. The van der Waals surface area contributed by atoms with Crippen molar-refractivity contribution in [3.63, 3.8) is 0 Å². The van der Waals surface area contributed by atoms with Gasteiger partial charge in [-0.3, -0.25) is 0 Å². The smallest absolute Gasteiger partial charge is 0.244 e. The third kappa shape index (κ3) is 3.19. The number of ether oxygens (including phenoxy) is 2. The van der Waals surface area contributed by atoms with E-state index in [2.05, 4.69) is 14.7 Å². The maximum Gasteiger partial charge on any atom is 0.244 e. The number of nitrogens with one attached hydrogen (secondary N) is 2. The van der Waals surface area contributed by atoms with Gasteiger partial charge in [0.1, 0.15) is 22.2 Å². The average molecular weight is 347 g/mol. The lowest BCUT2D eigenvalue weighted by Crippen LogP contribution is -2.24. The highest BCUT2D eigenvalue weighted by molar-refractivity contribution is 7.89. The molecule has 1 aromatic heterocycles. The number of para-hydroxylation sites is 2. The van der Waals surface area contributed by atoms with Crippen LogP contribution in [-0.4, -0.2) is 32.6 Å². The Morgan fingerprint density at radius 1 is 1.12 bits per heavy atom. The van der Waals surface area contributed by atoms with Crippen LogP contribution in [0.4, 0.5) is 0 Å². The first kappa shape index (κ1) is 16.3. The van der Waals surface area contributed by atoms with Gasteiger partial charge in [0.15, 0.2) is 0 Å². The molecule has 1 heterocycles. The molecular formula is C16H17N3O4S. The van der Waals surface area contributed by atoms with E-state index < -0.39 is 10.0 Å². The van der Waals surface area contributed by atoms with Crippen LogP contribution < -0.4 is 14.2 Å². The summed E-state index contributed by atoms with van der Waals surface area (Å²) in [4.78, 5) is 7.44. The first-order valence-corrected chi connectivity index (χ1v) is 8.67. The summed E-state index contributed by atoms with van der Waals surface area (Å²) >= 11 is 0. The Hall–Kier alpha value is -2.58. The molecule has 0 spiro atoms. The van der Waals surface area contributed by atoms with Gasteiger partial charge in [-0.15, -0.1) is 0 Å². The van der Waals surface area contributed by atoms with Crippen molar-refractivity contribution < 1.29 is 17.9 Å². The van der Waals surface area contributed by atoms with Crippen LogP contribution in [0.25, 0.3) is 11.0 Å². The lowest BCUT2D eigenvalue weighted by atomic mass is 10.3. The molecule has 0 unspecified atom stereocenters. The van der Waals surface area contributed by atoms with E-state index in [0.717, 1.165) is 11.0 Å². The summed E-state index contributed by atoms with van der Waals surface area (Å²) < 4.78 is 37.9. The number of methoxy groups -OCH3 is 2. The van der Waals surface area contributed by atoms with E-state index in [4.69, 9.17) is 9.47 Å². The first-order valence-electron chi connectivity index (χ1n) is 7.19. The minimum atomic E-state index is -3.79. The Morgan fingerprint density at radius 2 is 1.92 bits per heavy atom. The van der Waals surface area contributed by atoms with E-state index in [-0.39, 0.29) is 17.2 Å². The van der Waals surface area contributed by atoms with Crippen molar-refractivity contribution in [3.8, 4) is 11.5 Å². The molecule has 3 aromatic rings.